The van der Waals surface area contributed by atoms with Gasteiger partial charge in [0.2, 0.25) is 5.91 Å². The number of nitrogens with two attached hydrogens (primary N) is 1. The van der Waals surface area contributed by atoms with Crippen molar-refractivity contribution in [2.75, 3.05) is 16.2 Å². The van der Waals surface area contributed by atoms with Crippen molar-refractivity contribution in [1.29, 1.82) is 0 Å². The molecule has 0 aliphatic heterocycles. The molecule has 0 radical (unpaired) electrons. The van der Waals surface area contributed by atoms with Crippen molar-refractivity contribution in [3.8, 4) is 0 Å². The molecule has 3 aromatic rings. The highest BCUT2D eigenvalue weighted by atomic mass is 35.5. The minimum Gasteiger partial charge on any atom is -0.366 e. The van der Waals surface area contributed by atoms with Crippen molar-refractivity contribution in [2.24, 2.45) is 5.73 Å². The second kappa shape index (κ2) is 9.20. The first-order valence-electron chi connectivity index (χ1n) is 9.32. The predicted octanol–water partition coefficient (Wildman–Crippen LogP) is 3.91. The number of sulfonamides is 1. The minimum absolute atomic E-state index is 0.00652. The molecular formula is C22H20ClN3O4S. The maximum atomic E-state index is 13.2. The van der Waals surface area contributed by atoms with Gasteiger partial charge in [-0.15, -0.1) is 0 Å². The van der Waals surface area contributed by atoms with Gasteiger partial charge in [0, 0.05) is 17.8 Å². The molecular weight excluding hydrogens is 438 g/mol. The lowest BCUT2D eigenvalue weighted by Gasteiger charge is -2.23. The van der Waals surface area contributed by atoms with Crippen LogP contribution in [0, 0.1) is 0 Å². The molecule has 9 heteroatoms. The van der Waals surface area contributed by atoms with E-state index in [-0.39, 0.29) is 27.6 Å². The number of anilines is 2. The Labute approximate surface area is 185 Å². The molecule has 2 amide bonds. The van der Waals surface area contributed by atoms with Crippen LogP contribution in [0.1, 0.15) is 27.6 Å². The number of hydrogen-bond donors (Lipinski definition) is 2. The van der Waals surface area contributed by atoms with E-state index in [0.29, 0.717) is 11.4 Å². The molecule has 0 aliphatic rings. The second-order valence-electron chi connectivity index (χ2n) is 6.55. The third-order valence-corrected chi connectivity index (χ3v) is 6.72. The molecule has 0 fully saturated rings. The fourth-order valence-corrected chi connectivity index (χ4v) is 4.80. The summed E-state index contributed by atoms with van der Waals surface area (Å²) >= 11 is 6.01. The van der Waals surface area contributed by atoms with E-state index in [9.17, 15) is 18.0 Å². The topological polar surface area (TPSA) is 110 Å². The summed E-state index contributed by atoms with van der Waals surface area (Å²) in [7, 11) is -3.87. The Hall–Kier alpha value is -3.36. The molecule has 0 atom stereocenters. The van der Waals surface area contributed by atoms with Crippen LogP contribution in [-0.2, 0) is 10.0 Å². The van der Waals surface area contributed by atoms with Crippen LogP contribution in [0.5, 0.6) is 0 Å². The van der Waals surface area contributed by atoms with Crippen LogP contribution in [-0.4, -0.2) is 26.8 Å². The van der Waals surface area contributed by atoms with Gasteiger partial charge < -0.3 is 11.1 Å². The first-order valence-corrected chi connectivity index (χ1v) is 11.1. The lowest BCUT2D eigenvalue weighted by molar-refractivity contribution is 0.0998. The van der Waals surface area contributed by atoms with E-state index in [1.165, 1.54) is 46.8 Å². The normalized spacial score (nSPS) is 11.0. The fourth-order valence-electron chi connectivity index (χ4n) is 3.01. The number of hydrogen-bond acceptors (Lipinski definition) is 4. The van der Waals surface area contributed by atoms with Gasteiger partial charge in [0.05, 0.1) is 21.2 Å². The van der Waals surface area contributed by atoms with E-state index in [1.54, 1.807) is 37.3 Å². The van der Waals surface area contributed by atoms with Gasteiger partial charge in [0.15, 0.2) is 0 Å². The summed E-state index contributed by atoms with van der Waals surface area (Å²) in [5.41, 5.74) is 6.38. The molecule has 0 aliphatic carbocycles. The molecule has 0 saturated heterocycles. The third kappa shape index (κ3) is 4.87. The molecule has 3 N–H and O–H groups in total. The van der Waals surface area contributed by atoms with E-state index in [2.05, 4.69) is 5.32 Å². The molecule has 0 unspecified atom stereocenters. The smallest absolute Gasteiger partial charge is 0.264 e. The maximum Gasteiger partial charge on any atom is 0.264 e. The van der Waals surface area contributed by atoms with Crippen molar-refractivity contribution in [3.05, 3.63) is 88.9 Å². The van der Waals surface area contributed by atoms with Crippen LogP contribution in [0.2, 0.25) is 5.02 Å². The zero-order valence-electron chi connectivity index (χ0n) is 16.6. The summed E-state index contributed by atoms with van der Waals surface area (Å²) in [5.74, 6) is -1.21. The second-order valence-corrected chi connectivity index (χ2v) is 8.82. The summed E-state index contributed by atoms with van der Waals surface area (Å²) in [6.45, 7) is 1.97. The van der Waals surface area contributed by atoms with Gasteiger partial charge in [-0.3, -0.25) is 13.9 Å². The standard InChI is InChI=1S/C22H20ClN3O4S/c1-2-26(17-8-4-3-5-9-17)31(29,30)18-10-6-7-15(13-18)22(28)25-16-11-12-19(21(24)27)20(23)14-16/h3-14H,2H2,1H3,(H2,24,27)(H,25,28). The van der Waals surface area contributed by atoms with Gasteiger partial charge in [-0.2, -0.15) is 0 Å². The number of rotatable bonds is 7. The first kappa shape index (κ1) is 22.3. The predicted molar refractivity (Wildman–Crippen MR) is 121 cm³/mol. The fraction of sp³-hybridized carbons (Fsp3) is 0.0909. The van der Waals surface area contributed by atoms with Crippen LogP contribution < -0.4 is 15.4 Å². The highest BCUT2D eigenvalue weighted by Gasteiger charge is 2.24. The molecule has 0 aromatic heterocycles. The quantitative estimate of drug-likeness (QED) is 0.560. The van der Waals surface area contributed by atoms with Gasteiger partial charge in [0.1, 0.15) is 0 Å². The molecule has 3 aromatic carbocycles. The number of nitrogens with zero attached hydrogens (tertiary/aromatic N) is 1. The maximum absolute atomic E-state index is 13.2. The summed E-state index contributed by atoms with van der Waals surface area (Å²) in [5, 5.41) is 2.73. The lowest BCUT2D eigenvalue weighted by Crippen LogP contribution is -2.30. The SMILES string of the molecule is CCN(c1ccccc1)S(=O)(=O)c1cccc(C(=O)Nc2ccc(C(N)=O)c(Cl)c2)c1. The van der Waals surface area contributed by atoms with E-state index in [0.717, 1.165) is 0 Å². The van der Waals surface area contributed by atoms with Crippen molar-refractivity contribution in [3.63, 3.8) is 0 Å². The molecule has 31 heavy (non-hydrogen) atoms. The highest BCUT2D eigenvalue weighted by Crippen LogP contribution is 2.25. The number of carbonyl (C=O) groups is 2. The average molecular weight is 458 g/mol. The van der Waals surface area contributed by atoms with Crippen LogP contribution in [0.4, 0.5) is 11.4 Å². The van der Waals surface area contributed by atoms with Crippen LogP contribution in [0.3, 0.4) is 0 Å². The van der Waals surface area contributed by atoms with Gasteiger partial charge in [-0.1, -0.05) is 35.9 Å². The van der Waals surface area contributed by atoms with Crippen LogP contribution in [0.25, 0.3) is 0 Å². The van der Waals surface area contributed by atoms with Gasteiger partial charge in [-0.05, 0) is 55.5 Å². The van der Waals surface area contributed by atoms with Crippen molar-refractivity contribution >= 4 is 44.8 Å². The minimum atomic E-state index is -3.87. The summed E-state index contributed by atoms with van der Waals surface area (Å²) in [6.07, 6.45) is 0. The lowest BCUT2D eigenvalue weighted by atomic mass is 10.1. The molecule has 7 nitrogen and oxygen atoms in total. The van der Waals surface area contributed by atoms with Crippen molar-refractivity contribution in [1.82, 2.24) is 0 Å². The molecule has 3 rings (SSSR count). The van der Waals surface area contributed by atoms with Gasteiger partial charge >= 0.3 is 0 Å². The molecule has 0 bridgehead atoms. The van der Waals surface area contributed by atoms with Crippen molar-refractivity contribution in [2.45, 2.75) is 11.8 Å². The highest BCUT2D eigenvalue weighted by molar-refractivity contribution is 7.92. The average Bonchev–Trinajstić information content (AvgIpc) is 2.74. The Kier molecular flexibility index (Phi) is 6.62. The Balaban J connectivity index is 1.88. The Morgan fingerprint density at radius 1 is 1.00 bits per heavy atom. The van der Waals surface area contributed by atoms with Gasteiger partial charge in [0.25, 0.3) is 15.9 Å². The first-order chi connectivity index (χ1) is 14.7. The van der Waals surface area contributed by atoms with Crippen molar-refractivity contribution < 1.29 is 18.0 Å². The monoisotopic (exact) mass is 457 g/mol. The zero-order valence-corrected chi connectivity index (χ0v) is 18.2. The molecule has 0 spiro atoms. The largest absolute Gasteiger partial charge is 0.366 e. The molecule has 0 saturated carbocycles. The number of amides is 2. The van der Waals surface area contributed by atoms with Gasteiger partial charge in [-0.25, -0.2) is 8.42 Å². The number of primary amides is 1. The van der Waals surface area contributed by atoms with E-state index in [1.807, 2.05) is 0 Å². The number of benzene rings is 3. The Bertz CT molecular complexity index is 1230. The van der Waals surface area contributed by atoms with E-state index < -0.39 is 21.8 Å². The van der Waals surface area contributed by atoms with E-state index >= 15 is 0 Å². The number of nitrogens with one attached hydrogen (secondary N) is 1. The third-order valence-electron chi connectivity index (χ3n) is 4.51. The number of carbonyl (C=O) groups excluding carboxylic acids is 2. The molecule has 0 heterocycles. The number of halogens is 1. The summed E-state index contributed by atoms with van der Waals surface area (Å²) in [6, 6.07) is 18.8. The summed E-state index contributed by atoms with van der Waals surface area (Å²) < 4.78 is 27.6. The summed E-state index contributed by atoms with van der Waals surface area (Å²) in [4.78, 5) is 24.0. The van der Waals surface area contributed by atoms with E-state index in [4.69, 9.17) is 17.3 Å². The number of para-hydroxylation sites is 1. The molecule has 160 valence electrons. The van der Waals surface area contributed by atoms with Crippen LogP contribution in [0.15, 0.2) is 77.7 Å². The Morgan fingerprint density at radius 2 is 1.71 bits per heavy atom. The van der Waals surface area contributed by atoms with Crippen LogP contribution >= 0.6 is 11.6 Å². The zero-order chi connectivity index (χ0) is 22.6. The Morgan fingerprint density at radius 3 is 2.32 bits per heavy atom.